The third-order valence-electron chi connectivity index (χ3n) is 6.63. The molecule has 2 bridgehead atoms. The van der Waals surface area contributed by atoms with E-state index in [-0.39, 0.29) is 29.6 Å². The number of morpholine rings is 1. The smallest absolute Gasteiger partial charge is 0.169 e. The lowest BCUT2D eigenvalue weighted by molar-refractivity contribution is -0.0873. The molecule has 3 fully saturated rings. The van der Waals surface area contributed by atoms with Gasteiger partial charge >= 0.3 is 0 Å². The molecule has 4 nitrogen and oxygen atoms in total. The van der Waals surface area contributed by atoms with Crippen molar-refractivity contribution in [2.24, 2.45) is 11.8 Å². The Morgan fingerprint density at radius 1 is 1.07 bits per heavy atom. The van der Waals surface area contributed by atoms with Gasteiger partial charge in [-0.05, 0) is 55.4 Å². The molecular formula is C25H28FNO3. The van der Waals surface area contributed by atoms with E-state index >= 15 is 0 Å². The summed E-state index contributed by atoms with van der Waals surface area (Å²) >= 11 is 0. The lowest BCUT2D eigenvalue weighted by Gasteiger charge is -2.48. The Bertz CT molecular complexity index is 885. The van der Waals surface area contributed by atoms with Gasteiger partial charge in [-0.1, -0.05) is 30.3 Å². The highest BCUT2D eigenvalue weighted by atomic mass is 19.1. The number of ether oxygens (including phenoxy) is 2. The number of nitrogens with zero attached hydrogens (tertiary/aromatic N) is 1. The Balaban J connectivity index is 1.32. The molecule has 5 heteroatoms. The molecule has 2 atom stereocenters. The van der Waals surface area contributed by atoms with Crippen LogP contribution in [-0.2, 0) is 11.3 Å². The second-order valence-electron chi connectivity index (χ2n) is 8.93. The molecule has 3 aliphatic rings. The average molecular weight is 410 g/mol. The summed E-state index contributed by atoms with van der Waals surface area (Å²) in [5.74, 6) is 0.608. The number of fused-ring (bicyclic) bond motifs is 2. The molecule has 30 heavy (non-hydrogen) atoms. The van der Waals surface area contributed by atoms with Crippen molar-refractivity contribution in [2.75, 3.05) is 19.8 Å². The van der Waals surface area contributed by atoms with Crippen LogP contribution in [0.25, 0.3) is 0 Å². The van der Waals surface area contributed by atoms with E-state index in [4.69, 9.17) is 9.47 Å². The van der Waals surface area contributed by atoms with E-state index in [0.717, 1.165) is 19.4 Å². The van der Waals surface area contributed by atoms with Crippen molar-refractivity contribution in [3.8, 4) is 5.75 Å². The molecule has 0 aromatic heterocycles. The van der Waals surface area contributed by atoms with Crippen molar-refractivity contribution in [1.29, 1.82) is 0 Å². The standard InChI is InChI=1S/C25H28FNO3/c26-20-8-9-24(30-14-18-6-7-18)23(12-20)25(28)19-10-21-15-29-16-22(11-19)27(21)13-17-4-2-1-3-5-17/h1-5,8-9,12,18-19,21-22H,6-7,10-11,13-16H2. The molecule has 2 unspecified atom stereocenters. The summed E-state index contributed by atoms with van der Waals surface area (Å²) < 4.78 is 25.7. The van der Waals surface area contributed by atoms with E-state index < -0.39 is 0 Å². The Morgan fingerprint density at radius 3 is 2.50 bits per heavy atom. The van der Waals surface area contributed by atoms with Crippen LogP contribution in [0.15, 0.2) is 48.5 Å². The Hall–Kier alpha value is -2.24. The summed E-state index contributed by atoms with van der Waals surface area (Å²) in [6.07, 6.45) is 3.82. The molecule has 0 radical (unpaired) electrons. The Labute approximate surface area is 177 Å². The van der Waals surface area contributed by atoms with Crippen LogP contribution in [-0.4, -0.2) is 42.6 Å². The predicted octanol–water partition coefficient (Wildman–Crippen LogP) is 4.48. The molecule has 5 rings (SSSR count). The minimum atomic E-state index is -0.387. The number of carbonyl (C=O) groups excluding carboxylic acids is 1. The average Bonchev–Trinajstić information content (AvgIpc) is 3.57. The maximum Gasteiger partial charge on any atom is 0.169 e. The fourth-order valence-electron chi connectivity index (χ4n) is 4.79. The van der Waals surface area contributed by atoms with Gasteiger partial charge in [-0.15, -0.1) is 0 Å². The van der Waals surface area contributed by atoms with Crippen molar-refractivity contribution < 1.29 is 18.7 Å². The molecule has 0 N–H and O–H groups in total. The second kappa shape index (κ2) is 8.48. The van der Waals surface area contributed by atoms with Crippen molar-refractivity contribution in [2.45, 2.75) is 44.3 Å². The molecule has 2 heterocycles. The largest absolute Gasteiger partial charge is 0.493 e. The predicted molar refractivity (Wildman–Crippen MR) is 112 cm³/mol. The van der Waals surface area contributed by atoms with E-state index in [1.165, 1.54) is 30.5 Å². The van der Waals surface area contributed by atoms with Gasteiger partial charge in [-0.25, -0.2) is 4.39 Å². The van der Waals surface area contributed by atoms with Gasteiger partial charge < -0.3 is 9.47 Å². The number of ketones is 1. The number of hydrogen-bond acceptors (Lipinski definition) is 4. The van der Waals surface area contributed by atoms with Gasteiger partial charge in [0.05, 0.1) is 25.4 Å². The third-order valence-corrected chi connectivity index (χ3v) is 6.63. The van der Waals surface area contributed by atoms with Gasteiger partial charge in [0.2, 0.25) is 0 Å². The van der Waals surface area contributed by atoms with Gasteiger partial charge in [-0.3, -0.25) is 9.69 Å². The lowest BCUT2D eigenvalue weighted by Crippen LogP contribution is -2.57. The van der Waals surface area contributed by atoms with E-state index in [2.05, 4.69) is 29.2 Å². The highest BCUT2D eigenvalue weighted by Crippen LogP contribution is 2.37. The van der Waals surface area contributed by atoms with Crippen LogP contribution in [0.5, 0.6) is 5.75 Å². The van der Waals surface area contributed by atoms with Crippen molar-refractivity contribution >= 4 is 5.78 Å². The SMILES string of the molecule is O=C(c1cc(F)ccc1OCC1CC1)C1CC2COCC(C1)N2Cc1ccccc1. The number of piperidine rings is 1. The summed E-state index contributed by atoms with van der Waals surface area (Å²) in [5, 5.41) is 0. The van der Waals surface area contributed by atoms with Crippen LogP contribution in [0.3, 0.4) is 0 Å². The van der Waals surface area contributed by atoms with Crippen molar-refractivity contribution in [3.05, 3.63) is 65.5 Å². The highest BCUT2D eigenvalue weighted by Gasteiger charge is 2.42. The zero-order chi connectivity index (χ0) is 20.5. The summed E-state index contributed by atoms with van der Waals surface area (Å²) in [7, 11) is 0. The monoisotopic (exact) mass is 409 g/mol. The summed E-state index contributed by atoms with van der Waals surface area (Å²) in [6, 6.07) is 15.2. The highest BCUT2D eigenvalue weighted by molar-refractivity contribution is 6.00. The van der Waals surface area contributed by atoms with E-state index in [1.54, 1.807) is 6.07 Å². The Kier molecular flexibility index (Phi) is 5.57. The first-order chi connectivity index (χ1) is 14.7. The Morgan fingerprint density at radius 2 is 1.80 bits per heavy atom. The molecule has 1 saturated carbocycles. The zero-order valence-corrected chi connectivity index (χ0v) is 17.1. The number of Topliss-reactive ketones (excluding diaryl/α,β-unsaturated/α-hetero) is 1. The minimum absolute atomic E-state index is 0.0107. The maximum atomic E-state index is 14.0. The topological polar surface area (TPSA) is 38.8 Å². The van der Waals surface area contributed by atoms with Gasteiger partial charge in [0, 0.05) is 24.5 Å². The molecule has 0 spiro atoms. The van der Waals surface area contributed by atoms with Crippen LogP contribution in [0.4, 0.5) is 4.39 Å². The van der Waals surface area contributed by atoms with Crippen LogP contribution >= 0.6 is 0 Å². The van der Waals surface area contributed by atoms with Crippen LogP contribution in [0.1, 0.15) is 41.6 Å². The maximum absolute atomic E-state index is 14.0. The molecule has 1 aliphatic carbocycles. The van der Waals surface area contributed by atoms with Crippen LogP contribution < -0.4 is 4.74 Å². The summed E-state index contributed by atoms with van der Waals surface area (Å²) in [5.41, 5.74) is 1.68. The van der Waals surface area contributed by atoms with Crippen LogP contribution in [0, 0.1) is 17.7 Å². The third kappa shape index (κ3) is 4.28. The lowest BCUT2D eigenvalue weighted by atomic mass is 9.80. The number of hydrogen-bond donors (Lipinski definition) is 0. The molecule has 0 amide bonds. The van der Waals surface area contributed by atoms with E-state index in [0.29, 0.717) is 37.1 Å². The number of carbonyl (C=O) groups is 1. The van der Waals surface area contributed by atoms with Gasteiger partial charge in [0.1, 0.15) is 11.6 Å². The quantitative estimate of drug-likeness (QED) is 0.632. The van der Waals surface area contributed by atoms with E-state index in [9.17, 15) is 9.18 Å². The molecule has 158 valence electrons. The van der Waals surface area contributed by atoms with Crippen molar-refractivity contribution in [3.63, 3.8) is 0 Å². The van der Waals surface area contributed by atoms with Gasteiger partial charge in [-0.2, -0.15) is 0 Å². The summed E-state index contributed by atoms with van der Waals surface area (Å²) in [4.78, 5) is 15.9. The number of halogens is 1. The fraction of sp³-hybridized carbons (Fsp3) is 0.480. The molecular weight excluding hydrogens is 381 g/mol. The fourth-order valence-corrected chi connectivity index (χ4v) is 4.79. The summed E-state index contributed by atoms with van der Waals surface area (Å²) in [6.45, 7) is 2.76. The number of benzene rings is 2. The molecule has 2 aromatic rings. The molecule has 2 saturated heterocycles. The number of rotatable bonds is 7. The van der Waals surface area contributed by atoms with Gasteiger partial charge in [0.15, 0.2) is 5.78 Å². The van der Waals surface area contributed by atoms with Crippen molar-refractivity contribution in [1.82, 2.24) is 4.90 Å². The first-order valence-electron chi connectivity index (χ1n) is 11.0. The zero-order valence-electron chi connectivity index (χ0n) is 17.1. The van der Waals surface area contributed by atoms with Gasteiger partial charge in [0.25, 0.3) is 0 Å². The first kappa shape index (κ1) is 19.7. The molecule has 2 aliphatic heterocycles. The normalized spacial score (nSPS) is 26.4. The first-order valence-corrected chi connectivity index (χ1v) is 11.0. The second-order valence-corrected chi connectivity index (χ2v) is 8.93. The van der Waals surface area contributed by atoms with Crippen LogP contribution in [0.2, 0.25) is 0 Å². The molecule has 2 aromatic carbocycles. The minimum Gasteiger partial charge on any atom is -0.493 e. The van der Waals surface area contributed by atoms with E-state index in [1.807, 2.05) is 6.07 Å².